The number of nitrogens with two attached hydrogens (primary N) is 1. The molecule has 1 amide bonds. The number of anilines is 1. The summed E-state index contributed by atoms with van der Waals surface area (Å²) in [7, 11) is 0. The van der Waals surface area contributed by atoms with Crippen molar-refractivity contribution in [1.82, 2.24) is 5.32 Å². The first-order valence-corrected chi connectivity index (χ1v) is 6.34. The van der Waals surface area contributed by atoms with Crippen LogP contribution in [0.5, 0.6) is 5.75 Å². The molecule has 2 atom stereocenters. The summed E-state index contributed by atoms with van der Waals surface area (Å²) < 4.78 is 5.51. The van der Waals surface area contributed by atoms with Gasteiger partial charge < -0.3 is 15.8 Å². The van der Waals surface area contributed by atoms with Crippen LogP contribution in [0.4, 0.5) is 5.69 Å². The fourth-order valence-electron chi connectivity index (χ4n) is 1.32. The van der Waals surface area contributed by atoms with E-state index in [1.165, 1.54) is 0 Å². The van der Waals surface area contributed by atoms with Gasteiger partial charge in [-0.3, -0.25) is 4.79 Å². The number of hydrogen-bond donors (Lipinski definition) is 2. The van der Waals surface area contributed by atoms with E-state index in [9.17, 15) is 4.79 Å². The first-order chi connectivity index (χ1) is 8.43. The molecular formula is C13H19ClN2O2. The summed E-state index contributed by atoms with van der Waals surface area (Å²) in [4.78, 5) is 11.8. The van der Waals surface area contributed by atoms with Crippen molar-refractivity contribution >= 4 is 23.2 Å². The maximum Gasteiger partial charge on any atom is 0.260 e. The largest absolute Gasteiger partial charge is 0.479 e. The average molecular weight is 271 g/mol. The number of benzene rings is 1. The zero-order valence-corrected chi connectivity index (χ0v) is 11.6. The molecule has 1 aromatic carbocycles. The van der Waals surface area contributed by atoms with E-state index in [1.807, 2.05) is 13.8 Å². The maximum atomic E-state index is 11.8. The molecule has 0 aromatic heterocycles. The second kappa shape index (κ2) is 6.50. The Labute approximate surface area is 112 Å². The van der Waals surface area contributed by atoms with Crippen LogP contribution in [0, 0.1) is 0 Å². The van der Waals surface area contributed by atoms with Gasteiger partial charge in [0, 0.05) is 17.1 Å². The molecular weight excluding hydrogens is 252 g/mol. The number of hydrogen-bond acceptors (Lipinski definition) is 3. The first-order valence-electron chi connectivity index (χ1n) is 5.96. The van der Waals surface area contributed by atoms with E-state index in [4.69, 9.17) is 22.1 Å². The fourth-order valence-corrected chi connectivity index (χ4v) is 1.48. The number of amides is 1. The molecule has 0 spiro atoms. The number of carbonyl (C=O) groups excluding carboxylic acids is 1. The molecule has 0 aliphatic rings. The maximum absolute atomic E-state index is 11.8. The van der Waals surface area contributed by atoms with Gasteiger partial charge in [0.1, 0.15) is 5.75 Å². The van der Waals surface area contributed by atoms with Gasteiger partial charge in [0.25, 0.3) is 5.91 Å². The summed E-state index contributed by atoms with van der Waals surface area (Å²) in [5, 5.41) is 3.37. The summed E-state index contributed by atoms with van der Waals surface area (Å²) in [5.41, 5.74) is 6.21. The minimum absolute atomic E-state index is 0.125. The highest BCUT2D eigenvalue weighted by Crippen LogP contribution is 2.26. The van der Waals surface area contributed by atoms with Crippen LogP contribution in [0.15, 0.2) is 18.2 Å². The Bertz CT molecular complexity index is 423. The number of nitrogen functional groups attached to an aromatic ring is 1. The standard InChI is InChI=1S/C13H19ClN2O2/c1-4-8(2)16-13(17)9(3)18-12-7-10(14)5-6-11(12)15/h5-9H,4,15H2,1-3H3,(H,16,17). The van der Waals surface area contributed by atoms with Gasteiger partial charge in [-0.15, -0.1) is 0 Å². The zero-order valence-electron chi connectivity index (χ0n) is 10.9. The van der Waals surface area contributed by atoms with Gasteiger partial charge in [-0.2, -0.15) is 0 Å². The van der Waals surface area contributed by atoms with Gasteiger partial charge >= 0.3 is 0 Å². The van der Waals surface area contributed by atoms with E-state index in [2.05, 4.69) is 5.32 Å². The van der Waals surface area contributed by atoms with Gasteiger partial charge in [0.05, 0.1) is 5.69 Å². The second-order valence-corrected chi connectivity index (χ2v) is 4.70. The Balaban J connectivity index is 2.66. The van der Waals surface area contributed by atoms with Crippen LogP contribution in [0.25, 0.3) is 0 Å². The molecule has 0 bridgehead atoms. The summed E-state index contributed by atoms with van der Waals surface area (Å²) in [5.74, 6) is 0.262. The van der Waals surface area contributed by atoms with Crippen LogP contribution in [0.2, 0.25) is 5.02 Å². The lowest BCUT2D eigenvalue weighted by molar-refractivity contribution is -0.127. The number of ether oxygens (including phenoxy) is 1. The monoisotopic (exact) mass is 270 g/mol. The molecule has 100 valence electrons. The van der Waals surface area contributed by atoms with Crippen molar-refractivity contribution in [2.75, 3.05) is 5.73 Å². The van der Waals surface area contributed by atoms with Crippen LogP contribution in [0.3, 0.4) is 0 Å². The van der Waals surface area contributed by atoms with E-state index in [0.29, 0.717) is 16.5 Å². The molecule has 0 saturated heterocycles. The van der Waals surface area contributed by atoms with Crippen molar-refractivity contribution in [3.8, 4) is 5.75 Å². The molecule has 2 unspecified atom stereocenters. The lowest BCUT2D eigenvalue weighted by Crippen LogP contribution is -2.41. The van der Waals surface area contributed by atoms with Crippen LogP contribution >= 0.6 is 11.6 Å². The van der Waals surface area contributed by atoms with Gasteiger partial charge in [-0.05, 0) is 32.4 Å². The highest BCUT2D eigenvalue weighted by Gasteiger charge is 2.17. The lowest BCUT2D eigenvalue weighted by Gasteiger charge is -2.18. The van der Waals surface area contributed by atoms with Gasteiger partial charge in [-0.1, -0.05) is 18.5 Å². The normalized spacial score (nSPS) is 13.8. The van der Waals surface area contributed by atoms with E-state index < -0.39 is 6.10 Å². The number of rotatable bonds is 5. The summed E-state index contributed by atoms with van der Waals surface area (Å²) >= 11 is 5.85. The molecule has 1 rings (SSSR count). The van der Waals surface area contributed by atoms with Crippen LogP contribution in [-0.4, -0.2) is 18.1 Å². The van der Waals surface area contributed by atoms with Crippen LogP contribution < -0.4 is 15.8 Å². The SMILES string of the molecule is CCC(C)NC(=O)C(C)Oc1cc(Cl)ccc1N. The zero-order chi connectivity index (χ0) is 13.7. The van der Waals surface area contributed by atoms with Crippen LogP contribution in [0.1, 0.15) is 27.2 Å². The predicted octanol–water partition coefficient (Wildman–Crippen LogP) is 2.60. The number of nitrogens with one attached hydrogen (secondary N) is 1. The Morgan fingerprint density at radius 1 is 1.50 bits per heavy atom. The Morgan fingerprint density at radius 3 is 2.78 bits per heavy atom. The third kappa shape index (κ3) is 4.11. The summed E-state index contributed by atoms with van der Waals surface area (Å²) in [6.45, 7) is 5.63. The molecule has 0 aliphatic carbocycles. The van der Waals surface area contributed by atoms with Crippen molar-refractivity contribution in [2.45, 2.75) is 39.3 Å². The van der Waals surface area contributed by atoms with Crippen molar-refractivity contribution in [1.29, 1.82) is 0 Å². The molecule has 18 heavy (non-hydrogen) atoms. The third-order valence-corrected chi connectivity index (χ3v) is 2.88. The summed E-state index contributed by atoms with van der Waals surface area (Å²) in [6.07, 6.45) is 0.261. The van der Waals surface area contributed by atoms with Gasteiger partial charge in [0.15, 0.2) is 6.10 Å². The predicted molar refractivity (Wildman–Crippen MR) is 73.9 cm³/mol. The quantitative estimate of drug-likeness (QED) is 0.809. The van der Waals surface area contributed by atoms with Gasteiger partial charge in [0.2, 0.25) is 0 Å². The van der Waals surface area contributed by atoms with Crippen molar-refractivity contribution in [3.05, 3.63) is 23.2 Å². The third-order valence-electron chi connectivity index (χ3n) is 2.65. The van der Waals surface area contributed by atoms with E-state index in [1.54, 1.807) is 25.1 Å². The Morgan fingerprint density at radius 2 is 2.17 bits per heavy atom. The number of halogens is 1. The highest BCUT2D eigenvalue weighted by molar-refractivity contribution is 6.30. The van der Waals surface area contributed by atoms with Gasteiger partial charge in [-0.25, -0.2) is 0 Å². The van der Waals surface area contributed by atoms with E-state index in [-0.39, 0.29) is 11.9 Å². The minimum atomic E-state index is -0.611. The highest BCUT2D eigenvalue weighted by atomic mass is 35.5. The molecule has 4 nitrogen and oxygen atoms in total. The fraction of sp³-hybridized carbons (Fsp3) is 0.462. The molecule has 0 heterocycles. The molecule has 0 fully saturated rings. The van der Waals surface area contributed by atoms with E-state index in [0.717, 1.165) is 6.42 Å². The second-order valence-electron chi connectivity index (χ2n) is 4.26. The summed E-state index contributed by atoms with van der Waals surface area (Å²) in [6, 6.07) is 5.05. The molecule has 0 radical (unpaired) electrons. The minimum Gasteiger partial charge on any atom is -0.479 e. The van der Waals surface area contributed by atoms with Crippen molar-refractivity contribution < 1.29 is 9.53 Å². The lowest BCUT2D eigenvalue weighted by atomic mass is 10.2. The molecule has 3 N–H and O–H groups in total. The van der Waals surface area contributed by atoms with E-state index >= 15 is 0 Å². The molecule has 1 aromatic rings. The topological polar surface area (TPSA) is 64.3 Å². The van der Waals surface area contributed by atoms with Crippen LogP contribution in [-0.2, 0) is 4.79 Å². The van der Waals surface area contributed by atoms with Crippen molar-refractivity contribution in [2.24, 2.45) is 0 Å². The van der Waals surface area contributed by atoms with Crippen molar-refractivity contribution in [3.63, 3.8) is 0 Å². The number of carbonyl (C=O) groups is 1. The molecule has 0 saturated carbocycles. The molecule has 5 heteroatoms. The Kier molecular flexibility index (Phi) is 5.28. The average Bonchev–Trinajstić information content (AvgIpc) is 2.33. The first kappa shape index (κ1) is 14.6. The molecule has 0 aliphatic heterocycles. The Hall–Kier alpha value is -1.42. The smallest absolute Gasteiger partial charge is 0.260 e.